The molecule has 2 unspecified atom stereocenters. The summed E-state index contributed by atoms with van der Waals surface area (Å²) in [7, 11) is 0. The first-order chi connectivity index (χ1) is 15.7. The number of hydrogen-bond donors (Lipinski definition) is 1. The molecule has 3 rings (SSSR count). The van der Waals surface area contributed by atoms with Crippen molar-refractivity contribution in [2.45, 2.75) is 25.9 Å². The molecule has 0 aromatic heterocycles. The Bertz CT molecular complexity index is 910. The Balaban J connectivity index is 1.72. The van der Waals surface area contributed by atoms with Gasteiger partial charge >= 0.3 is 6.18 Å². The van der Waals surface area contributed by atoms with Gasteiger partial charge in [-0.2, -0.15) is 30.2 Å². The van der Waals surface area contributed by atoms with Gasteiger partial charge in [0.2, 0.25) is 11.8 Å². The van der Waals surface area contributed by atoms with Crippen molar-refractivity contribution in [3.8, 4) is 6.07 Å². The van der Waals surface area contributed by atoms with E-state index in [9.17, 15) is 22.8 Å². The lowest BCUT2D eigenvalue weighted by Crippen LogP contribution is -2.41. The summed E-state index contributed by atoms with van der Waals surface area (Å²) in [5, 5.41) is 11.9. The normalized spacial score (nSPS) is 21.7. The summed E-state index contributed by atoms with van der Waals surface area (Å²) >= 11 is 1.46. The number of nitrogens with one attached hydrogen (secondary N) is 1. The highest BCUT2D eigenvalue weighted by Gasteiger charge is 2.44. The molecule has 2 saturated heterocycles. The molecule has 6 nitrogen and oxygen atoms in total. The third-order valence-electron chi connectivity index (χ3n) is 6.61. The Morgan fingerprint density at radius 3 is 2.52 bits per heavy atom. The van der Waals surface area contributed by atoms with E-state index < -0.39 is 11.7 Å². The monoisotopic (exact) mass is 482 g/mol. The average Bonchev–Trinajstić information content (AvgIpc) is 3.24. The van der Waals surface area contributed by atoms with Crippen molar-refractivity contribution in [1.29, 1.82) is 5.26 Å². The van der Waals surface area contributed by atoms with Crippen LogP contribution in [0.2, 0.25) is 0 Å². The zero-order valence-corrected chi connectivity index (χ0v) is 19.6. The van der Waals surface area contributed by atoms with Gasteiger partial charge in [-0.15, -0.1) is 0 Å². The van der Waals surface area contributed by atoms with Crippen molar-refractivity contribution in [3.05, 3.63) is 29.3 Å². The van der Waals surface area contributed by atoms with Crippen LogP contribution in [0.5, 0.6) is 0 Å². The number of alkyl halides is 3. The Morgan fingerprint density at radius 2 is 1.94 bits per heavy atom. The predicted molar refractivity (Wildman–Crippen MR) is 122 cm³/mol. The minimum atomic E-state index is -4.59. The average molecular weight is 483 g/mol. The summed E-state index contributed by atoms with van der Waals surface area (Å²) in [6.07, 6.45) is -1.26. The van der Waals surface area contributed by atoms with E-state index in [4.69, 9.17) is 5.26 Å². The first-order valence-electron chi connectivity index (χ1n) is 11.1. The second-order valence-electron chi connectivity index (χ2n) is 8.56. The second-order valence-corrected chi connectivity index (χ2v) is 9.43. The van der Waals surface area contributed by atoms with Gasteiger partial charge in [0.1, 0.15) is 0 Å². The van der Waals surface area contributed by atoms with E-state index in [-0.39, 0.29) is 35.1 Å². The molecule has 1 aromatic rings. The van der Waals surface area contributed by atoms with Crippen LogP contribution in [0.4, 0.5) is 18.9 Å². The van der Waals surface area contributed by atoms with Crippen molar-refractivity contribution >= 4 is 29.3 Å². The predicted octanol–water partition coefficient (Wildman–Crippen LogP) is 3.37. The molecule has 10 heteroatoms. The highest BCUT2D eigenvalue weighted by molar-refractivity contribution is 7.99. The van der Waals surface area contributed by atoms with Crippen molar-refractivity contribution in [1.82, 2.24) is 10.2 Å². The summed E-state index contributed by atoms with van der Waals surface area (Å²) in [5.41, 5.74) is -0.852. The third-order valence-corrected chi connectivity index (χ3v) is 7.15. The van der Waals surface area contributed by atoms with E-state index in [0.29, 0.717) is 44.2 Å². The van der Waals surface area contributed by atoms with Crippen LogP contribution in [0.25, 0.3) is 0 Å². The number of thioether (sulfide) groups is 1. The second kappa shape index (κ2) is 10.7. The number of piperidine rings is 1. The third kappa shape index (κ3) is 5.75. The molecule has 0 saturated carbocycles. The van der Waals surface area contributed by atoms with Crippen LogP contribution in [0.1, 0.15) is 30.9 Å². The number of likely N-dealkylation sites (tertiary alicyclic amines) is 1. The van der Waals surface area contributed by atoms with Gasteiger partial charge in [0.15, 0.2) is 0 Å². The largest absolute Gasteiger partial charge is 0.417 e. The fourth-order valence-corrected chi connectivity index (χ4v) is 5.38. The van der Waals surface area contributed by atoms with Gasteiger partial charge in [-0.25, -0.2) is 0 Å². The van der Waals surface area contributed by atoms with Gasteiger partial charge in [0, 0.05) is 38.4 Å². The molecule has 1 N–H and O–H groups in total. The number of anilines is 1. The van der Waals surface area contributed by atoms with Crippen LogP contribution in [-0.4, -0.2) is 61.4 Å². The highest BCUT2D eigenvalue weighted by Crippen LogP contribution is 2.39. The highest BCUT2D eigenvalue weighted by atomic mass is 32.2. The zero-order valence-electron chi connectivity index (χ0n) is 18.8. The Hall–Kier alpha value is -2.41. The van der Waals surface area contributed by atoms with E-state index in [1.54, 1.807) is 17.0 Å². The molecule has 0 spiro atoms. The van der Waals surface area contributed by atoms with Crippen LogP contribution in [-0.2, 0) is 15.8 Å². The topological polar surface area (TPSA) is 76.4 Å². The molecule has 0 radical (unpaired) electrons. The van der Waals surface area contributed by atoms with Crippen molar-refractivity contribution in [3.63, 3.8) is 0 Å². The van der Waals surface area contributed by atoms with Gasteiger partial charge in [0.25, 0.3) is 0 Å². The number of carbonyl (C=O) groups is 2. The first kappa shape index (κ1) is 25.2. The van der Waals surface area contributed by atoms with Gasteiger partial charge in [0.05, 0.1) is 28.9 Å². The summed E-state index contributed by atoms with van der Waals surface area (Å²) in [6, 6.07) is 5.45. The number of carbonyl (C=O) groups excluding carboxylic acids is 2. The Labute approximate surface area is 196 Å². The van der Waals surface area contributed by atoms with Crippen molar-refractivity contribution in [2.24, 2.45) is 17.8 Å². The molecule has 2 heterocycles. The summed E-state index contributed by atoms with van der Waals surface area (Å²) < 4.78 is 40.0. The molecule has 1 aromatic carbocycles. The van der Waals surface area contributed by atoms with Crippen LogP contribution in [0.15, 0.2) is 18.2 Å². The quantitative estimate of drug-likeness (QED) is 0.673. The van der Waals surface area contributed by atoms with Crippen molar-refractivity contribution in [2.75, 3.05) is 49.6 Å². The zero-order chi connectivity index (χ0) is 24.2. The molecule has 2 aliphatic heterocycles. The van der Waals surface area contributed by atoms with Crippen molar-refractivity contribution < 1.29 is 22.8 Å². The molecule has 0 bridgehead atoms. The number of benzene rings is 1. The molecule has 2 atom stereocenters. The lowest BCUT2D eigenvalue weighted by molar-refractivity contribution is -0.137. The van der Waals surface area contributed by atoms with E-state index in [1.807, 2.05) is 18.1 Å². The first-order valence-corrected chi connectivity index (χ1v) is 12.5. The Kier molecular flexibility index (Phi) is 8.16. The maximum Gasteiger partial charge on any atom is 0.417 e. The molecular formula is C23H29F3N4O2S. The number of halogens is 3. The minimum absolute atomic E-state index is 0.0358. The van der Waals surface area contributed by atoms with E-state index in [1.165, 1.54) is 17.8 Å². The SMILES string of the molecule is CCNC(=O)C1CN(C(=O)CSC)CC1C1CCN(c2ccc(C#N)c(C(F)(F)F)c2)CC1. The van der Waals surface area contributed by atoms with Crippen LogP contribution >= 0.6 is 11.8 Å². The molecular weight excluding hydrogens is 453 g/mol. The number of amides is 2. The van der Waals surface area contributed by atoms with E-state index in [0.717, 1.165) is 18.9 Å². The summed E-state index contributed by atoms with van der Waals surface area (Å²) in [5.74, 6) is 0.366. The Morgan fingerprint density at radius 1 is 1.24 bits per heavy atom. The number of hydrogen-bond acceptors (Lipinski definition) is 5. The van der Waals surface area contributed by atoms with Gasteiger partial charge < -0.3 is 15.1 Å². The molecule has 0 aliphatic carbocycles. The maximum absolute atomic E-state index is 13.3. The molecule has 2 fully saturated rings. The lowest BCUT2D eigenvalue weighted by atomic mass is 9.78. The van der Waals surface area contributed by atoms with Crippen LogP contribution in [0.3, 0.4) is 0 Å². The number of nitrogens with zero attached hydrogens (tertiary/aromatic N) is 3. The summed E-state index contributed by atoms with van der Waals surface area (Å²) in [4.78, 5) is 28.8. The smallest absolute Gasteiger partial charge is 0.372 e. The number of rotatable bonds is 6. The van der Waals surface area contributed by atoms with Gasteiger partial charge in [-0.05, 0) is 56.1 Å². The minimum Gasteiger partial charge on any atom is -0.372 e. The van der Waals surface area contributed by atoms with Gasteiger partial charge in [-0.1, -0.05) is 0 Å². The standard InChI is InChI=1S/C23H29F3N4O2S/c1-3-28-22(32)19-13-30(21(31)14-33-2)12-18(19)15-6-8-29(9-7-15)17-5-4-16(11-27)20(10-17)23(24,25)26/h4-5,10,15,18-19H,3,6-9,12-14H2,1-2H3,(H,28,32). The fourth-order valence-electron chi connectivity index (χ4n) is 4.95. The van der Waals surface area contributed by atoms with E-state index in [2.05, 4.69) is 5.32 Å². The van der Waals surface area contributed by atoms with Crippen LogP contribution in [0, 0.1) is 29.1 Å². The maximum atomic E-state index is 13.3. The number of nitriles is 1. The molecule has 2 amide bonds. The molecule has 180 valence electrons. The molecule has 2 aliphatic rings. The molecule has 33 heavy (non-hydrogen) atoms. The summed E-state index contributed by atoms with van der Waals surface area (Å²) in [6.45, 7) is 4.47. The van der Waals surface area contributed by atoms with E-state index >= 15 is 0 Å². The van der Waals surface area contributed by atoms with Crippen LogP contribution < -0.4 is 10.2 Å². The van der Waals surface area contributed by atoms with Gasteiger partial charge in [-0.3, -0.25) is 9.59 Å². The fraction of sp³-hybridized carbons (Fsp3) is 0.609. The lowest BCUT2D eigenvalue weighted by Gasteiger charge is -2.37.